The number of rotatable bonds is 7. The van der Waals surface area contributed by atoms with Gasteiger partial charge in [0.15, 0.2) is 0 Å². The third-order valence-electron chi connectivity index (χ3n) is 1.99. The molecule has 8 heteroatoms. The number of urea groups is 1. The Morgan fingerprint density at radius 3 is 2.35 bits per heavy atom. The van der Waals surface area contributed by atoms with E-state index in [1.807, 2.05) is 6.26 Å². The second-order valence-corrected chi connectivity index (χ2v) is 4.40. The fourth-order valence-corrected chi connectivity index (χ4v) is 1.43. The van der Waals surface area contributed by atoms with Gasteiger partial charge in [0.05, 0.1) is 0 Å². The van der Waals surface area contributed by atoms with Gasteiger partial charge in [0.2, 0.25) is 5.91 Å². The third-order valence-corrected chi connectivity index (χ3v) is 2.63. The summed E-state index contributed by atoms with van der Waals surface area (Å²) >= 11 is 1.48. The number of carbonyl (C=O) groups excluding carboxylic acids is 2. The average Bonchev–Trinajstić information content (AvgIpc) is 2.23. The standard InChI is InChI=1S/C9H17N3O4S/c1-5(7(10)13)11-9(16)12-6(8(14)15)3-4-17-2/h5-6H,3-4H2,1-2H3,(H2,10,13)(H,14,15)(H2,11,12,16)/t5?,6-/m1/s1. The molecule has 0 bridgehead atoms. The number of hydrogen-bond acceptors (Lipinski definition) is 4. The Morgan fingerprint density at radius 2 is 1.94 bits per heavy atom. The monoisotopic (exact) mass is 263 g/mol. The first-order valence-corrected chi connectivity index (χ1v) is 6.36. The average molecular weight is 263 g/mol. The molecule has 17 heavy (non-hydrogen) atoms. The number of carboxylic acids is 1. The van der Waals surface area contributed by atoms with Crippen LogP contribution < -0.4 is 16.4 Å². The molecule has 0 saturated heterocycles. The van der Waals surface area contributed by atoms with E-state index in [1.165, 1.54) is 18.7 Å². The largest absolute Gasteiger partial charge is 0.480 e. The van der Waals surface area contributed by atoms with Crippen molar-refractivity contribution in [2.45, 2.75) is 25.4 Å². The number of primary amides is 1. The van der Waals surface area contributed by atoms with Gasteiger partial charge in [-0.05, 0) is 25.4 Å². The van der Waals surface area contributed by atoms with Gasteiger partial charge in [-0.1, -0.05) is 0 Å². The van der Waals surface area contributed by atoms with Crippen molar-refractivity contribution in [3.05, 3.63) is 0 Å². The molecule has 0 aromatic rings. The van der Waals surface area contributed by atoms with E-state index in [9.17, 15) is 14.4 Å². The smallest absolute Gasteiger partial charge is 0.326 e. The lowest BCUT2D eigenvalue weighted by Crippen LogP contribution is -2.51. The summed E-state index contributed by atoms with van der Waals surface area (Å²) in [5.41, 5.74) is 4.95. The molecule has 5 N–H and O–H groups in total. The Morgan fingerprint density at radius 1 is 1.35 bits per heavy atom. The van der Waals surface area contributed by atoms with Crippen LogP contribution in [-0.2, 0) is 9.59 Å². The van der Waals surface area contributed by atoms with Crippen LogP contribution in [0.4, 0.5) is 4.79 Å². The molecule has 0 aliphatic carbocycles. The first kappa shape index (κ1) is 15.6. The van der Waals surface area contributed by atoms with Crippen molar-refractivity contribution in [1.29, 1.82) is 0 Å². The zero-order valence-corrected chi connectivity index (χ0v) is 10.5. The van der Waals surface area contributed by atoms with E-state index in [-0.39, 0.29) is 0 Å². The van der Waals surface area contributed by atoms with E-state index in [1.54, 1.807) is 0 Å². The molecule has 7 nitrogen and oxygen atoms in total. The Hall–Kier alpha value is -1.44. The molecule has 0 rings (SSSR count). The molecule has 0 saturated carbocycles. The summed E-state index contributed by atoms with van der Waals surface area (Å²) in [6.07, 6.45) is 2.16. The number of carboxylic acid groups (broad SMARTS) is 1. The van der Waals surface area contributed by atoms with Crippen molar-refractivity contribution in [2.24, 2.45) is 5.73 Å². The van der Waals surface area contributed by atoms with Crippen LogP contribution in [0.15, 0.2) is 0 Å². The third kappa shape index (κ3) is 6.67. The molecule has 0 fully saturated rings. The predicted molar refractivity (Wildman–Crippen MR) is 64.7 cm³/mol. The zero-order valence-electron chi connectivity index (χ0n) is 9.73. The summed E-state index contributed by atoms with van der Waals surface area (Å²) < 4.78 is 0. The number of nitrogens with two attached hydrogens (primary N) is 1. The highest BCUT2D eigenvalue weighted by Gasteiger charge is 2.20. The summed E-state index contributed by atoms with van der Waals surface area (Å²) in [5.74, 6) is -1.18. The van der Waals surface area contributed by atoms with E-state index >= 15 is 0 Å². The van der Waals surface area contributed by atoms with Gasteiger partial charge in [0, 0.05) is 0 Å². The lowest BCUT2D eigenvalue weighted by atomic mass is 10.2. The summed E-state index contributed by atoms with van der Waals surface area (Å²) in [5, 5.41) is 13.4. The Kier molecular flexibility index (Phi) is 7.11. The van der Waals surface area contributed by atoms with Crippen molar-refractivity contribution in [3.63, 3.8) is 0 Å². The van der Waals surface area contributed by atoms with Gasteiger partial charge in [0.25, 0.3) is 0 Å². The maximum Gasteiger partial charge on any atom is 0.326 e. The number of aliphatic carboxylic acids is 1. The maximum absolute atomic E-state index is 11.3. The number of hydrogen-bond donors (Lipinski definition) is 4. The highest BCUT2D eigenvalue weighted by molar-refractivity contribution is 7.98. The van der Waals surface area contributed by atoms with Crippen LogP contribution in [0.3, 0.4) is 0 Å². The number of amides is 3. The highest BCUT2D eigenvalue weighted by Crippen LogP contribution is 2.00. The Balaban J connectivity index is 4.21. The van der Waals surface area contributed by atoms with Gasteiger partial charge < -0.3 is 21.5 Å². The first-order chi connectivity index (χ1) is 7.88. The van der Waals surface area contributed by atoms with Gasteiger partial charge >= 0.3 is 12.0 Å². The molecule has 0 aromatic heterocycles. The predicted octanol–water partition coefficient (Wildman–Crippen LogP) is -0.634. The molecular weight excluding hydrogens is 246 g/mol. The van der Waals surface area contributed by atoms with E-state index in [0.717, 1.165) is 0 Å². The van der Waals surface area contributed by atoms with Crippen molar-refractivity contribution in [2.75, 3.05) is 12.0 Å². The van der Waals surface area contributed by atoms with Crippen LogP contribution in [0.2, 0.25) is 0 Å². The summed E-state index contributed by atoms with van der Waals surface area (Å²) in [6.45, 7) is 1.42. The van der Waals surface area contributed by atoms with Gasteiger partial charge in [-0.2, -0.15) is 11.8 Å². The molecule has 0 aromatic carbocycles. The summed E-state index contributed by atoms with van der Waals surface area (Å²) in [7, 11) is 0. The van der Waals surface area contributed by atoms with E-state index < -0.39 is 30.0 Å². The molecule has 98 valence electrons. The van der Waals surface area contributed by atoms with E-state index in [2.05, 4.69) is 10.6 Å². The molecule has 0 heterocycles. The first-order valence-electron chi connectivity index (χ1n) is 4.96. The van der Waals surface area contributed by atoms with Crippen LogP contribution >= 0.6 is 11.8 Å². The topological polar surface area (TPSA) is 122 Å². The normalized spacial score (nSPS) is 13.5. The van der Waals surface area contributed by atoms with Gasteiger partial charge in [-0.15, -0.1) is 0 Å². The molecule has 0 radical (unpaired) electrons. The summed E-state index contributed by atoms with van der Waals surface area (Å²) in [6, 6.07) is -2.53. The fourth-order valence-electron chi connectivity index (χ4n) is 0.961. The second kappa shape index (κ2) is 7.77. The second-order valence-electron chi connectivity index (χ2n) is 3.41. The van der Waals surface area contributed by atoms with Gasteiger partial charge in [0.1, 0.15) is 12.1 Å². The quantitative estimate of drug-likeness (QED) is 0.487. The molecule has 1 unspecified atom stereocenters. The fraction of sp³-hybridized carbons (Fsp3) is 0.667. The minimum Gasteiger partial charge on any atom is -0.480 e. The Labute approximate surface area is 104 Å². The zero-order chi connectivity index (χ0) is 13.4. The number of nitrogens with one attached hydrogen (secondary N) is 2. The van der Waals surface area contributed by atoms with Crippen molar-refractivity contribution < 1.29 is 19.5 Å². The minimum atomic E-state index is -1.11. The minimum absolute atomic E-state index is 0.314. The maximum atomic E-state index is 11.3. The molecule has 3 amide bonds. The molecule has 0 aliphatic rings. The molecule has 0 spiro atoms. The van der Waals surface area contributed by atoms with Gasteiger partial charge in [-0.3, -0.25) is 4.79 Å². The van der Waals surface area contributed by atoms with Crippen molar-refractivity contribution >= 4 is 29.7 Å². The van der Waals surface area contributed by atoms with Crippen molar-refractivity contribution in [1.82, 2.24) is 10.6 Å². The van der Waals surface area contributed by atoms with Gasteiger partial charge in [-0.25, -0.2) is 9.59 Å². The van der Waals surface area contributed by atoms with Crippen LogP contribution in [-0.4, -0.2) is 47.1 Å². The van der Waals surface area contributed by atoms with Crippen molar-refractivity contribution in [3.8, 4) is 0 Å². The Bertz CT molecular complexity index is 298. The highest BCUT2D eigenvalue weighted by atomic mass is 32.2. The van der Waals surface area contributed by atoms with E-state index in [4.69, 9.17) is 10.8 Å². The van der Waals surface area contributed by atoms with Crippen LogP contribution in [0.25, 0.3) is 0 Å². The lowest BCUT2D eigenvalue weighted by Gasteiger charge is -2.16. The lowest BCUT2D eigenvalue weighted by molar-refractivity contribution is -0.139. The SMILES string of the molecule is CSCC[C@@H](NC(=O)NC(C)C(N)=O)C(=O)O. The van der Waals surface area contributed by atoms with Crippen LogP contribution in [0, 0.1) is 0 Å². The number of thioether (sulfide) groups is 1. The summed E-state index contributed by atoms with van der Waals surface area (Å²) in [4.78, 5) is 32.8. The molecule has 2 atom stereocenters. The van der Waals surface area contributed by atoms with Crippen LogP contribution in [0.5, 0.6) is 0 Å². The van der Waals surface area contributed by atoms with E-state index in [0.29, 0.717) is 12.2 Å². The van der Waals surface area contributed by atoms with Crippen LogP contribution in [0.1, 0.15) is 13.3 Å². The molecule has 0 aliphatic heterocycles. The molecular formula is C9H17N3O4S. The number of carbonyl (C=O) groups is 3.